The number of anilines is 1. The Morgan fingerprint density at radius 3 is 2.80 bits per heavy atom. The van der Waals surface area contributed by atoms with Gasteiger partial charge in [0.1, 0.15) is 5.75 Å². The van der Waals surface area contributed by atoms with Crippen LogP contribution >= 0.6 is 15.9 Å². The van der Waals surface area contributed by atoms with Crippen LogP contribution in [0, 0.1) is 11.3 Å². The molecule has 4 heteroatoms. The van der Waals surface area contributed by atoms with Crippen molar-refractivity contribution in [3.63, 3.8) is 0 Å². The van der Waals surface area contributed by atoms with E-state index in [2.05, 4.69) is 22.0 Å². The zero-order chi connectivity index (χ0) is 11.3. The normalized spacial score (nSPS) is 9.47. The number of methoxy groups -OCH3 is 1. The van der Waals surface area contributed by atoms with E-state index >= 15 is 0 Å². The fourth-order valence-corrected chi connectivity index (χ4v) is 1.77. The third-order valence-corrected chi connectivity index (χ3v) is 2.75. The molecule has 0 aliphatic heterocycles. The number of hydrogen-bond acceptors (Lipinski definition) is 3. The van der Waals surface area contributed by atoms with Gasteiger partial charge in [-0.05, 0) is 34.1 Å². The number of nitriles is 1. The SMILES string of the molecule is COc1ccc(N(C)CCC#N)cc1Br. The van der Waals surface area contributed by atoms with E-state index in [1.807, 2.05) is 30.1 Å². The second kappa shape index (κ2) is 5.62. The zero-order valence-corrected chi connectivity index (χ0v) is 10.4. The first-order valence-corrected chi connectivity index (χ1v) is 5.40. The van der Waals surface area contributed by atoms with Gasteiger partial charge in [0.15, 0.2) is 0 Å². The lowest BCUT2D eigenvalue weighted by atomic mass is 10.2. The van der Waals surface area contributed by atoms with Crippen LogP contribution in [0.2, 0.25) is 0 Å². The monoisotopic (exact) mass is 268 g/mol. The third kappa shape index (κ3) is 3.14. The molecule has 0 fully saturated rings. The summed E-state index contributed by atoms with van der Waals surface area (Å²) < 4.78 is 6.07. The molecule has 1 rings (SSSR count). The molecule has 1 aromatic carbocycles. The molecule has 0 unspecified atom stereocenters. The van der Waals surface area contributed by atoms with Crippen molar-refractivity contribution in [3.8, 4) is 11.8 Å². The second-order valence-electron chi connectivity index (χ2n) is 3.15. The Labute approximate surface area is 98.4 Å². The molecule has 3 nitrogen and oxygen atoms in total. The summed E-state index contributed by atoms with van der Waals surface area (Å²) in [5, 5.41) is 8.49. The van der Waals surface area contributed by atoms with Crippen molar-refractivity contribution in [2.24, 2.45) is 0 Å². The van der Waals surface area contributed by atoms with Crippen LogP contribution < -0.4 is 9.64 Å². The smallest absolute Gasteiger partial charge is 0.133 e. The van der Waals surface area contributed by atoms with Crippen LogP contribution in [-0.4, -0.2) is 20.7 Å². The Balaban J connectivity index is 2.79. The van der Waals surface area contributed by atoms with Crippen molar-refractivity contribution >= 4 is 21.6 Å². The van der Waals surface area contributed by atoms with Gasteiger partial charge in [-0.3, -0.25) is 0 Å². The highest BCUT2D eigenvalue weighted by molar-refractivity contribution is 9.10. The molecule has 80 valence electrons. The zero-order valence-electron chi connectivity index (χ0n) is 8.83. The fraction of sp³-hybridized carbons (Fsp3) is 0.364. The summed E-state index contributed by atoms with van der Waals surface area (Å²) in [7, 11) is 3.60. The lowest BCUT2D eigenvalue weighted by Crippen LogP contribution is -2.17. The number of hydrogen-bond donors (Lipinski definition) is 0. The number of benzene rings is 1. The molecular formula is C11H13BrN2O. The van der Waals surface area contributed by atoms with Crippen LogP contribution in [0.25, 0.3) is 0 Å². The molecule has 0 spiro atoms. The molecule has 0 aliphatic carbocycles. The molecule has 0 N–H and O–H groups in total. The first-order valence-electron chi connectivity index (χ1n) is 4.60. The Kier molecular flexibility index (Phi) is 4.44. The van der Waals surface area contributed by atoms with Crippen molar-refractivity contribution < 1.29 is 4.74 Å². The van der Waals surface area contributed by atoms with Gasteiger partial charge in [-0.15, -0.1) is 0 Å². The van der Waals surface area contributed by atoms with Gasteiger partial charge in [0, 0.05) is 19.3 Å². The van der Waals surface area contributed by atoms with Crippen molar-refractivity contribution in [1.82, 2.24) is 0 Å². The lowest BCUT2D eigenvalue weighted by molar-refractivity contribution is 0.412. The molecule has 0 aliphatic rings. The van der Waals surface area contributed by atoms with Crippen molar-refractivity contribution in [2.75, 3.05) is 25.6 Å². The number of rotatable bonds is 4. The quantitative estimate of drug-likeness (QED) is 0.843. The molecule has 0 bridgehead atoms. The van der Waals surface area contributed by atoms with Crippen molar-refractivity contribution in [1.29, 1.82) is 5.26 Å². The third-order valence-electron chi connectivity index (χ3n) is 2.14. The minimum absolute atomic E-state index is 0.528. The fourth-order valence-electron chi connectivity index (χ4n) is 1.24. The minimum Gasteiger partial charge on any atom is -0.496 e. The van der Waals surface area contributed by atoms with E-state index in [-0.39, 0.29) is 0 Å². The maximum atomic E-state index is 8.49. The van der Waals surface area contributed by atoms with Crippen LogP contribution in [0.3, 0.4) is 0 Å². The van der Waals surface area contributed by atoms with E-state index in [9.17, 15) is 0 Å². The number of ether oxygens (including phenoxy) is 1. The van der Waals surface area contributed by atoms with E-state index < -0.39 is 0 Å². The Morgan fingerprint density at radius 1 is 1.53 bits per heavy atom. The van der Waals surface area contributed by atoms with Gasteiger partial charge < -0.3 is 9.64 Å². The maximum absolute atomic E-state index is 8.49. The first kappa shape index (κ1) is 11.9. The summed E-state index contributed by atoms with van der Waals surface area (Å²) >= 11 is 3.43. The van der Waals surface area contributed by atoms with E-state index in [1.54, 1.807) is 7.11 Å². The second-order valence-corrected chi connectivity index (χ2v) is 4.00. The summed E-state index contributed by atoms with van der Waals surface area (Å²) in [5.74, 6) is 0.812. The van der Waals surface area contributed by atoms with Gasteiger partial charge >= 0.3 is 0 Å². The van der Waals surface area contributed by atoms with Crippen LogP contribution in [0.15, 0.2) is 22.7 Å². The largest absolute Gasteiger partial charge is 0.496 e. The molecule has 0 heterocycles. The molecule has 0 radical (unpaired) electrons. The van der Waals surface area contributed by atoms with Crippen LogP contribution in [-0.2, 0) is 0 Å². The Bertz CT molecular complexity index is 373. The highest BCUT2D eigenvalue weighted by Crippen LogP contribution is 2.29. The molecule has 0 saturated carbocycles. The van der Waals surface area contributed by atoms with Gasteiger partial charge in [-0.1, -0.05) is 0 Å². The highest BCUT2D eigenvalue weighted by Gasteiger charge is 2.04. The molecule has 1 aromatic rings. The predicted octanol–water partition coefficient (Wildman–Crippen LogP) is 2.81. The van der Waals surface area contributed by atoms with E-state index in [4.69, 9.17) is 10.00 Å². The maximum Gasteiger partial charge on any atom is 0.133 e. The molecule has 0 saturated heterocycles. The lowest BCUT2D eigenvalue weighted by Gasteiger charge is -2.18. The first-order chi connectivity index (χ1) is 7.19. The Hall–Kier alpha value is -1.21. The minimum atomic E-state index is 0.528. The highest BCUT2D eigenvalue weighted by atomic mass is 79.9. The molecule has 0 amide bonds. The molecule has 0 atom stereocenters. The van der Waals surface area contributed by atoms with Crippen LogP contribution in [0.4, 0.5) is 5.69 Å². The summed E-state index contributed by atoms with van der Waals surface area (Å²) in [6.45, 7) is 0.731. The average Bonchev–Trinajstić information content (AvgIpc) is 2.25. The predicted molar refractivity (Wildman–Crippen MR) is 64.2 cm³/mol. The average molecular weight is 269 g/mol. The van der Waals surface area contributed by atoms with E-state index in [1.165, 1.54) is 0 Å². The van der Waals surface area contributed by atoms with E-state index in [0.29, 0.717) is 6.42 Å². The van der Waals surface area contributed by atoms with Gasteiger partial charge in [-0.25, -0.2) is 0 Å². The van der Waals surface area contributed by atoms with Gasteiger partial charge in [-0.2, -0.15) is 5.26 Å². The molecular weight excluding hydrogens is 256 g/mol. The standard InChI is InChI=1S/C11H13BrN2O/c1-14(7-3-6-13)9-4-5-11(15-2)10(12)8-9/h4-5,8H,3,7H2,1-2H3. The van der Waals surface area contributed by atoms with Gasteiger partial charge in [0.25, 0.3) is 0 Å². The summed E-state index contributed by atoms with van der Waals surface area (Å²) in [6, 6.07) is 7.99. The molecule has 0 aromatic heterocycles. The number of halogens is 1. The summed E-state index contributed by atoms with van der Waals surface area (Å²) in [5.41, 5.74) is 1.07. The topological polar surface area (TPSA) is 36.3 Å². The van der Waals surface area contributed by atoms with Gasteiger partial charge in [0.05, 0.1) is 24.1 Å². The van der Waals surface area contributed by atoms with Crippen LogP contribution in [0.1, 0.15) is 6.42 Å². The number of nitrogens with zero attached hydrogens (tertiary/aromatic N) is 2. The summed E-state index contributed by atoms with van der Waals surface area (Å²) in [4.78, 5) is 2.04. The molecule has 15 heavy (non-hydrogen) atoms. The van der Waals surface area contributed by atoms with E-state index in [0.717, 1.165) is 22.5 Å². The van der Waals surface area contributed by atoms with Crippen LogP contribution in [0.5, 0.6) is 5.75 Å². The van der Waals surface area contributed by atoms with Gasteiger partial charge in [0.2, 0.25) is 0 Å². The summed E-state index contributed by atoms with van der Waals surface area (Å²) in [6.07, 6.45) is 0.528. The Morgan fingerprint density at radius 2 is 2.27 bits per heavy atom. The van der Waals surface area contributed by atoms with Crippen molar-refractivity contribution in [3.05, 3.63) is 22.7 Å². The van der Waals surface area contributed by atoms with Crippen molar-refractivity contribution in [2.45, 2.75) is 6.42 Å².